The Bertz CT molecular complexity index is 914. The normalized spacial score (nSPS) is 18.5. The van der Waals surface area contributed by atoms with Gasteiger partial charge in [-0.05, 0) is 50.5 Å². The van der Waals surface area contributed by atoms with E-state index >= 15 is 0 Å². The van der Waals surface area contributed by atoms with Crippen molar-refractivity contribution in [3.63, 3.8) is 0 Å². The third kappa shape index (κ3) is 4.22. The Kier molecular flexibility index (Phi) is 5.00. The van der Waals surface area contributed by atoms with Gasteiger partial charge >= 0.3 is 0 Å². The highest BCUT2D eigenvalue weighted by Gasteiger charge is 2.27. The average molecular weight is 373 g/mol. The molecule has 1 aromatic carbocycles. The van der Waals surface area contributed by atoms with Gasteiger partial charge in [0.05, 0.1) is 17.1 Å². The third-order valence-electron chi connectivity index (χ3n) is 4.53. The van der Waals surface area contributed by atoms with E-state index in [9.17, 15) is 13.2 Å². The molecule has 0 aliphatic carbocycles. The molecule has 0 saturated carbocycles. The first-order valence-corrected chi connectivity index (χ1v) is 10.4. The SMILES string of the molecule is Cc1cc(C)c(NC(=O)c2ccc(NC3CCS(=O)(=O)C3)nc2)c(C)c1. The molecule has 0 spiro atoms. The lowest BCUT2D eigenvalue weighted by Crippen LogP contribution is -2.21. The van der Waals surface area contributed by atoms with Gasteiger partial charge in [0.1, 0.15) is 5.82 Å². The molecule has 7 heteroatoms. The summed E-state index contributed by atoms with van der Waals surface area (Å²) in [6.07, 6.45) is 2.08. The van der Waals surface area contributed by atoms with Crippen molar-refractivity contribution in [3.8, 4) is 0 Å². The Balaban J connectivity index is 1.68. The van der Waals surface area contributed by atoms with Crippen LogP contribution >= 0.6 is 0 Å². The van der Waals surface area contributed by atoms with Crippen LogP contribution in [0.4, 0.5) is 11.5 Å². The topological polar surface area (TPSA) is 88.2 Å². The molecular weight excluding hydrogens is 350 g/mol. The first-order valence-electron chi connectivity index (χ1n) is 8.56. The van der Waals surface area contributed by atoms with Crippen LogP contribution in [-0.4, -0.2) is 36.9 Å². The van der Waals surface area contributed by atoms with Crippen LogP contribution < -0.4 is 10.6 Å². The number of benzene rings is 1. The number of rotatable bonds is 4. The van der Waals surface area contributed by atoms with Gasteiger partial charge in [0, 0.05) is 17.9 Å². The largest absolute Gasteiger partial charge is 0.366 e. The highest BCUT2D eigenvalue weighted by Crippen LogP contribution is 2.23. The molecular formula is C19H23N3O3S. The lowest BCUT2D eigenvalue weighted by Gasteiger charge is -2.14. The molecule has 3 rings (SSSR count). The quantitative estimate of drug-likeness (QED) is 0.860. The standard InChI is InChI=1S/C19H23N3O3S/c1-12-8-13(2)18(14(3)9-12)22-19(23)15-4-5-17(20-10-15)21-16-6-7-26(24,25)11-16/h4-5,8-10,16H,6-7,11H2,1-3H3,(H,20,21)(H,22,23). The van der Waals surface area contributed by atoms with Gasteiger partial charge in [-0.1, -0.05) is 17.7 Å². The number of hydrogen-bond acceptors (Lipinski definition) is 5. The number of nitrogens with one attached hydrogen (secondary N) is 2. The van der Waals surface area contributed by atoms with Gasteiger partial charge in [0.25, 0.3) is 5.91 Å². The van der Waals surface area contributed by atoms with Gasteiger partial charge in [-0.15, -0.1) is 0 Å². The van der Waals surface area contributed by atoms with Gasteiger partial charge in [0.15, 0.2) is 9.84 Å². The summed E-state index contributed by atoms with van der Waals surface area (Å²) in [7, 11) is -2.94. The molecule has 1 atom stereocenters. The van der Waals surface area contributed by atoms with Crippen LogP contribution in [0.5, 0.6) is 0 Å². The van der Waals surface area contributed by atoms with Crippen LogP contribution in [-0.2, 0) is 9.84 Å². The Morgan fingerprint density at radius 1 is 1.15 bits per heavy atom. The summed E-state index contributed by atoms with van der Waals surface area (Å²) < 4.78 is 23.0. The number of aromatic nitrogens is 1. The van der Waals surface area contributed by atoms with Gasteiger partial charge < -0.3 is 10.6 Å². The summed E-state index contributed by atoms with van der Waals surface area (Å²) in [5, 5.41) is 6.06. The Morgan fingerprint density at radius 3 is 2.38 bits per heavy atom. The second kappa shape index (κ2) is 7.07. The number of carbonyl (C=O) groups is 1. The van der Waals surface area contributed by atoms with Crippen molar-refractivity contribution < 1.29 is 13.2 Å². The molecule has 1 aliphatic heterocycles. The first kappa shape index (κ1) is 18.4. The molecule has 2 heterocycles. The number of anilines is 2. The maximum absolute atomic E-state index is 12.5. The molecule has 1 aromatic heterocycles. The molecule has 6 nitrogen and oxygen atoms in total. The average Bonchev–Trinajstić information content (AvgIpc) is 2.90. The minimum absolute atomic E-state index is 0.120. The van der Waals surface area contributed by atoms with Crippen molar-refractivity contribution in [1.82, 2.24) is 4.98 Å². The zero-order valence-corrected chi connectivity index (χ0v) is 16.0. The fourth-order valence-corrected chi connectivity index (χ4v) is 4.97. The third-order valence-corrected chi connectivity index (χ3v) is 6.29. The number of amides is 1. The van der Waals surface area contributed by atoms with E-state index in [1.807, 2.05) is 32.9 Å². The number of aryl methyl sites for hydroxylation is 3. The lowest BCUT2D eigenvalue weighted by molar-refractivity contribution is 0.102. The van der Waals surface area contributed by atoms with Crippen molar-refractivity contribution in [2.45, 2.75) is 33.2 Å². The zero-order chi connectivity index (χ0) is 18.9. The summed E-state index contributed by atoms with van der Waals surface area (Å²) in [6, 6.07) is 7.33. The number of pyridine rings is 1. The van der Waals surface area contributed by atoms with Crippen molar-refractivity contribution in [2.24, 2.45) is 0 Å². The minimum atomic E-state index is -2.94. The van der Waals surface area contributed by atoms with Crippen LogP contribution in [0.15, 0.2) is 30.5 Å². The van der Waals surface area contributed by atoms with Gasteiger partial charge in [-0.2, -0.15) is 0 Å². The summed E-state index contributed by atoms with van der Waals surface area (Å²) in [5.74, 6) is 0.692. The smallest absolute Gasteiger partial charge is 0.257 e. The Labute approximate surface area is 154 Å². The van der Waals surface area contributed by atoms with Gasteiger partial charge in [-0.25, -0.2) is 13.4 Å². The Hall–Kier alpha value is -2.41. The van der Waals surface area contributed by atoms with Crippen molar-refractivity contribution in [2.75, 3.05) is 22.1 Å². The second-order valence-electron chi connectivity index (χ2n) is 6.90. The van der Waals surface area contributed by atoms with Crippen LogP contribution in [0.25, 0.3) is 0 Å². The molecule has 1 amide bonds. The number of hydrogen-bond donors (Lipinski definition) is 2. The fourth-order valence-electron chi connectivity index (χ4n) is 3.29. The van der Waals surface area contributed by atoms with Crippen molar-refractivity contribution >= 4 is 27.2 Å². The maximum atomic E-state index is 12.5. The van der Waals surface area contributed by atoms with Crippen molar-refractivity contribution in [3.05, 3.63) is 52.7 Å². The summed E-state index contributed by atoms with van der Waals surface area (Å²) >= 11 is 0. The molecule has 1 aliphatic rings. The highest BCUT2D eigenvalue weighted by atomic mass is 32.2. The maximum Gasteiger partial charge on any atom is 0.257 e. The predicted molar refractivity (Wildman–Crippen MR) is 104 cm³/mol. The lowest BCUT2D eigenvalue weighted by atomic mass is 10.0. The molecule has 2 aromatic rings. The Morgan fingerprint density at radius 2 is 1.85 bits per heavy atom. The van der Waals surface area contributed by atoms with E-state index in [1.54, 1.807) is 12.1 Å². The molecule has 0 radical (unpaired) electrons. The molecule has 2 N–H and O–H groups in total. The van der Waals surface area contributed by atoms with Crippen LogP contribution in [0, 0.1) is 20.8 Å². The van der Waals surface area contributed by atoms with E-state index in [-0.39, 0.29) is 23.5 Å². The highest BCUT2D eigenvalue weighted by molar-refractivity contribution is 7.91. The van der Waals surface area contributed by atoms with Crippen LogP contribution in [0.3, 0.4) is 0 Å². The van der Waals surface area contributed by atoms with E-state index < -0.39 is 9.84 Å². The van der Waals surface area contributed by atoms with E-state index in [1.165, 1.54) is 6.20 Å². The van der Waals surface area contributed by atoms with Crippen LogP contribution in [0.1, 0.15) is 33.5 Å². The van der Waals surface area contributed by atoms with E-state index in [2.05, 4.69) is 15.6 Å². The molecule has 1 saturated heterocycles. The molecule has 1 unspecified atom stereocenters. The molecule has 0 bridgehead atoms. The van der Waals surface area contributed by atoms with E-state index in [0.717, 1.165) is 22.4 Å². The number of sulfone groups is 1. The summed E-state index contributed by atoms with van der Waals surface area (Å²) in [4.78, 5) is 16.7. The minimum Gasteiger partial charge on any atom is -0.366 e. The summed E-state index contributed by atoms with van der Waals surface area (Å²) in [6.45, 7) is 5.96. The monoisotopic (exact) mass is 373 g/mol. The second-order valence-corrected chi connectivity index (χ2v) is 9.13. The molecule has 26 heavy (non-hydrogen) atoms. The molecule has 1 fully saturated rings. The zero-order valence-electron chi connectivity index (χ0n) is 15.2. The summed E-state index contributed by atoms with van der Waals surface area (Å²) in [5.41, 5.74) is 4.46. The van der Waals surface area contributed by atoms with Crippen molar-refractivity contribution in [1.29, 1.82) is 0 Å². The molecule has 138 valence electrons. The first-order chi connectivity index (χ1) is 12.2. The van der Waals surface area contributed by atoms with E-state index in [4.69, 9.17) is 0 Å². The van der Waals surface area contributed by atoms with E-state index in [0.29, 0.717) is 17.8 Å². The van der Waals surface area contributed by atoms with Gasteiger partial charge in [-0.3, -0.25) is 4.79 Å². The number of carbonyl (C=O) groups excluding carboxylic acids is 1. The fraction of sp³-hybridized carbons (Fsp3) is 0.368. The predicted octanol–water partition coefficient (Wildman–Crippen LogP) is 2.86. The van der Waals surface area contributed by atoms with Crippen LogP contribution in [0.2, 0.25) is 0 Å². The number of nitrogens with zero attached hydrogens (tertiary/aromatic N) is 1. The van der Waals surface area contributed by atoms with Gasteiger partial charge in [0.2, 0.25) is 0 Å².